The minimum atomic E-state index is -3.23. The zero-order valence-corrected chi connectivity index (χ0v) is 14.8. The first kappa shape index (κ1) is 18.8. The molecule has 2 aromatic rings. The van der Waals surface area contributed by atoms with Gasteiger partial charge in [-0.1, -0.05) is 0 Å². The van der Waals surface area contributed by atoms with Gasteiger partial charge in [-0.25, -0.2) is 18.0 Å². The molecule has 0 spiro atoms. The lowest BCUT2D eigenvalue weighted by molar-refractivity contribution is -0.119. The Morgan fingerprint density at radius 3 is 2.89 bits per heavy atom. The summed E-state index contributed by atoms with van der Waals surface area (Å²) in [5.41, 5.74) is 6.06. The van der Waals surface area contributed by atoms with Crippen LogP contribution in [0.2, 0.25) is 0 Å². The van der Waals surface area contributed by atoms with E-state index < -0.39 is 41.9 Å². The number of halogens is 3. The predicted molar refractivity (Wildman–Crippen MR) is 93.4 cm³/mol. The van der Waals surface area contributed by atoms with Crippen molar-refractivity contribution in [3.8, 4) is 5.75 Å². The standard InChI is InChI=1S/C18H19F3N4O3/c19-13-5-10-1-3-24(8-11(10)6-14(13)26)9-12-7-18(20,21)16(28-12)25-4-2-15(22)23-17(25)27/h2,4-6,12,16,26H,1,3,7-9H2,(H2,22,23,27)/t12-,16+/m0/s1. The van der Waals surface area contributed by atoms with Gasteiger partial charge in [0.05, 0.1) is 6.10 Å². The van der Waals surface area contributed by atoms with Crippen LogP contribution in [0.15, 0.2) is 29.2 Å². The van der Waals surface area contributed by atoms with Crippen molar-refractivity contribution in [2.24, 2.45) is 0 Å². The van der Waals surface area contributed by atoms with E-state index in [4.69, 9.17) is 10.5 Å². The van der Waals surface area contributed by atoms with Gasteiger partial charge in [0.1, 0.15) is 5.82 Å². The highest BCUT2D eigenvalue weighted by atomic mass is 19.3. The van der Waals surface area contributed by atoms with Crippen molar-refractivity contribution in [3.05, 3.63) is 51.8 Å². The molecule has 2 aliphatic heterocycles. The van der Waals surface area contributed by atoms with Crippen LogP contribution in [-0.4, -0.2) is 44.7 Å². The van der Waals surface area contributed by atoms with E-state index in [1.54, 1.807) is 0 Å². The van der Waals surface area contributed by atoms with Crippen molar-refractivity contribution in [3.63, 3.8) is 0 Å². The number of aromatic hydroxyl groups is 1. The van der Waals surface area contributed by atoms with E-state index in [2.05, 4.69) is 4.98 Å². The molecule has 4 rings (SSSR count). The van der Waals surface area contributed by atoms with Gasteiger partial charge >= 0.3 is 5.69 Å². The average Bonchev–Trinajstić information content (AvgIpc) is 2.90. The van der Waals surface area contributed by atoms with Gasteiger partial charge in [0.2, 0.25) is 6.23 Å². The summed E-state index contributed by atoms with van der Waals surface area (Å²) in [5, 5.41) is 9.56. The number of ether oxygens (including phenoxy) is 1. The Hall–Kier alpha value is -2.59. The molecular weight excluding hydrogens is 377 g/mol. The first-order chi connectivity index (χ1) is 13.2. The number of fused-ring (bicyclic) bond motifs is 1. The second-order valence-electron chi connectivity index (χ2n) is 7.18. The zero-order chi connectivity index (χ0) is 20.1. The summed E-state index contributed by atoms with van der Waals surface area (Å²) in [6, 6.07) is 3.93. The number of nitrogens with two attached hydrogens (primary N) is 1. The number of aromatic nitrogens is 2. The van der Waals surface area contributed by atoms with Crippen LogP contribution in [-0.2, 0) is 17.7 Å². The molecule has 0 amide bonds. The van der Waals surface area contributed by atoms with Crippen LogP contribution in [0.5, 0.6) is 5.75 Å². The highest BCUT2D eigenvalue weighted by Gasteiger charge is 2.52. The summed E-state index contributed by atoms with van der Waals surface area (Å²) < 4.78 is 48.7. The molecular formula is C18H19F3N4O3. The molecule has 1 fully saturated rings. The molecule has 7 nitrogen and oxygen atoms in total. The predicted octanol–water partition coefficient (Wildman–Crippen LogP) is 1.65. The third kappa shape index (κ3) is 3.45. The number of rotatable bonds is 3. The Balaban J connectivity index is 1.48. The van der Waals surface area contributed by atoms with Gasteiger partial charge in [0.15, 0.2) is 11.6 Å². The SMILES string of the molecule is Nc1ccn([C@@H]2O[C@H](CN3CCc4cc(F)c(O)cc4C3)CC2(F)F)c(=O)n1. The first-order valence-electron chi connectivity index (χ1n) is 8.83. The van der Waals surface area contributed by atoms with Crippen molar-refractivity contribution >= 4 is 5.82 Å². The van der Waals surface area contributed by atoms with E-state index in [0.29, 0.717) is 19.5 Å². The average molecular weight is 396 g/mol. The maximum atomic E-state index is 14.5. The third-order valence-corrected chi connectivity index (χ3v) is 5.11. The highest BCUT2D eigenvalue weighted by molar-refractivity contribution is 5.37. The van der Waals surface area contributed by atoms with E-state index in [1.807, 2.05) is 4.90 Å². The fourth-order valence-corrected chi connectivity index (χ4v) is 3.78. The summed E-state index contributed by atoms with van der Waals surface area (Å²) in [6.45, 7) is 1.17. The van der Waals surface area contributed by atoms with Gasteiger partial charge in [-0.3, -0.25) is 9.47 Å². The van der Waals surface area contributed by atoms with Crippen molar-refractivity contribution in [1.82, 2.24) is 14.5 Å². The van der Waals surface area contributed by atoms with Gasteiger partial charge in [-0.05, 0) is 35.7 Å². The number of nitrogen functional groups attached to an aromatic ring is 1. The van der Waals surface area contributed by atoms with E-state index in [0.717, 1.165) is 21.9 Å². The molecule has 0 aliphatic carbocycles. The van der Waals surface area contributed by atoms with Crippen molar-refractivity contribution < 1.29 is 23.0 Å². The molecule has 0 unspecified atom stereocenters. The van der Waals surface area contributed by atoms with Crippen LogP contribution < -0.4 is 11.4 Å². The molecule has 1 aromatic carbocycles. The molecule has 2 atom stereocenters. The van der Waals surface area contributed by atoms with Gasteiger partial charge in [-0.15, -0.1) is 0 Å². The van der Waals surface area contributed by atoms with E-state index >= 15 is 0 Å². The van der Waals surface area contributed by atoms with Crippen LogP contribution in [0.25, 0.3) is 0 Å². The molecule has 10 heteroatoms. The van der Waals surface area contributed by atoms with Crippen molar-refractivity contribution in [1.29, 1.82) is 0 Å². The number of alkyl halides is 2. The van der Waals surface area contributed by atoms with Crippen molar-refractivity contribution in [2.75, 3.05) is 18.8 Å². The molecule has 150 valence electrons. The molecule has 0 radical (unpaired) electrons. The van der Waals surface area contributed by atoms with Gasteiger partial charge in [0.25, 0.3) is 5.92 Å². The lowest BCUT2D eigenvalue weighted by Crippen LogP contribution is -2.37. The molecule has 3 N–H and O–H groups in total. The molecule has 1 saturated heterocycles. The fraction of sp³-hybridized carbons (Fsp3) is 0.444. The third-order valence-electron chi connectivity index (χ3n) is 5.11. The Morgan fingerprint density at radius 1 is 1.36 bits per heavy atom. The van der Waals surface area contributed by atoms with Crippen molar-refractivity contribution in [2.45, 2.75) is 37.6 Å². The number of benzene rings is 1. The Morgan fingerprint density at radius 2 is 2.14 bits per heavy atom. The van der Waals surface area contributed by atoms with Crippen LogP contribution >= 0.6 is 0 Å². The Bertz CT molecular complexity index is 966. The summed E-state index contributed by atoms with van der Waals surface area (Å²) in [5.74, 6) is -4.39. The quantitative estimate of drug-likeness (QED) is 0.820. The number of hydrogen-bond donors (Lipinski definition) is 2. The molecule has 28 heavy (non-hydrogen) atoms. The van der Waals surface area contributed by atoms with Crippen LogP contribution in [0, 0.1) is 5.82 Å². The number of anilines is 1. The van der Waals surface area contributed by atoms with Crippen LogP contribution in [0.1, 0.15) is 23.8 Å². The maximum Gasteiger partial charge on any atom is 0.351 e. The maximum absolute atomic E-state index is 14.5. The first-order valence-corrected chi connectivity index (χ1v) is 8.83. The highest BCUT2D eigenvalue weighted by Crippen LogP contribution is 2.42. The van der Waals surface area contributed by atoms with Gasteiger partial charge in [-0.2, -0.15) is 4.98 Å². The molecule has 3 heterocycles. The lowest BCUT2D eigenvalue weighted by atomic mass is 9.98. The topological polar surface area (TPSA) is 93.6 Å². The van der Waals surface area contributed by atoms with Crippen LogP contribution in [0.4, 0.5) is 19.0 Å². The summed E-state index contributed by atoms with van der Waals surface area (Å²) in [4.78, 5) is 17.3. The molecule has 0 saturated carbocycles. The number of phenolic OH excluding ortho intramolecular Hbond substituents is 1. The number of phenols is 1. The van der Waals surface area contributed by atoms with E-state index in [-0.39, 0.29) is 12.4 Å². The van der Waals surface area contributed by atoms with E-state index in [1.165, 1.54) is 18.2 Å². The summed E-state index contributed by atoms with van der Waals surface area (Å²) >= 11 is 0. The molecule has 2 aliphatic rings. The normalized spacial score (nSPS) is 24.2. The fourth-order valence-electron chi connectivity index (χ4n) is 3.78. The van der Waals surface area contributed by atoms with Gasteiger partial charge in [0, 0.05) is 32.3 Å². The van der Waals surface area contributed by atoms with E-state index in [9.17, 15) is 23.1 Å². The Labute approximate surface area is 158 Å². The minimum Gasteiger partial charge on any atom is -0.505 e. The second-order valence-corrected chi connectivity index (χ2v) is 7.18. The lowest BCUT2D eigenvalue weighted by Gasteiger charge is -2.30. The second kappa shape index (κ2) is 6.78. The molecule has 1 aromatic heterocycles. The minimum absolute atomic E-state index is 0.0502. The zero-order valence-electron chi connectivity index (χ0n) is 14.8. The monoisotopic (exact) mass is 396 g/mol. The summed E-state index contributed by atoms with van der Waals surface area (Å²) in [7, 11) is 0. The Kier molecular flexibility index (Phi) is 4.54. The smallest absolute Gasteiger partial charge is 0.351 e. The number of hydrogen-bond acceptors (Lipinski definition) is 6. The van der Waals surface area contributed by atoms with Crippen LogP contribution in [0.3, 0.4) is 0 Å². The largest absolute Gasteiger partial charge is 0.505 e. The molecule has 0 bridgehead atoms. The number of nitrogens with zero attached hydrogens (tertiary/aromatic N) is 3. The summed E-state index contributed by atoms with van der Waals surface area (Å²) in [6.07, 6.45) is -1.37. The van der Waals surface area contributed by atoms with Gasteiger partial charge < -0.3 is 15.6 Å².